The quantitative estimate of drug-likeness (QED) is 0.436. The fourth-order valence-corrected chi connectivity index (χ4v) is 2.12. The Labute approximate surface area is 92.6 Å². The number of rotatable bonds is 4. The van der Waals surface area contributed by atoms with E-state index < -0.39 is 0 Å². The Balaban J connectivity index is 2.56. The first-order chi connectivity index (χ1) is 7.00. The molecule has 3 unspecified atom stereocenters. The highest BCUT2D eigenvalue weighted by atomic mass is 17.1. The first-order valence-corrected chi connectivity index (χ1v) is 5.63. The Hall–Kier alpha value is -0.600. The normalized spacial score (nSPS) is 32.5. The first-order valence-electron chi connectivity index (χ1n) is 5.63. The molecule has 0 radical (unpaired) electrons. The van der Waals surface area contributed by atoms with Crippen LogP contribution in [-0.2, 0) is 4.89 Å². The molecule has 0 aromatic carbocycles. The van der Waals surface area contributed by atoms with Crippen molar-refractivity contribution in [1.29, 1.82) is 0 Å². The van der Waals surface area contributed by atoms with E-state index in [0.29, 0.717) is 11.8 Å². The molecule has 0 spiro atoms. The fourth-order valence-electron chi connectivity index (χ4n) is 2.12. The van der Waals surface area contributed by atoms with Gasteiger partial charge < -0.3 is 0 Å². The molecule has 2 nitrogen and oxygen atoms in total. The third-order valence-corrected chi connectivity index (χ3v) is 3.17. The maximum Gasteiger partial charge on any atom is 0.0995 e. The largest absolute Gasteiger partial charge is 0.252 e. The Bertz CT molecular complexity index is 253. The van der Waals surface area contributed by atoms with Gasteiger partial charge in [0.05, 0.1) is 6.10 Å². The van der Waals surface area contributed by atoms with Crippen LogP contribution < -0.4 is 0 Å². The monoisotopic (exact) mass is 210 g/mol. The van der Waals surface area contributed by atoms with Crippen molar-refractivity contribution in [3.05, 3.63) is 24.3 Å². The van der Waals surface area contributed by atoms with Crippen LogP contribution in [0, 0.1) is 17.3 Å². The van der Waals surface area contributed by atoms with Crippen LogP contribution in [0.15, 0.2) is 24.3 Å². The summed E-state index contributed by atoms with van der Waals surface area (Å²) in [5.74, 6) is 0.972. The third kappa shape index (κ3) is 3.18. The average molecular weight is 210 g/mol. The van der Waals surface area contributed by atoms with Gasteiger partial charge in [-0.2, -0.15) is 0 Å². The minimum Gasteiger partial charge on any atom is -0.252 e. The van der Waals surface area contributed by atoms with Crippen molar-refractivity contribution < 1.29 is 10.1 Å². The SMILES string of the molecule is C/C=C\C(C)(C)/C=C\C1C(C)CC1OO. The van der Waals surface area contributed by atoms with Crippen LogP contribution in [0.2, 0.25) is 0 Å². The van der Waals surface area contributed by atoms with Gasteiger partial charge in [0.25, 0.3) is 0 Å². The molecule has 3 atom stereocenters. The molecule has 0 bridgehead atoms. The van der Waals surface area contributed by atoms with E-state index in [0.717, 1.165) is 6.42 Å². The zero-order valence-electron chi connectivity index (χ0n) is 10.1. The van der Waals surface area contributed by atoms with Crippen LogP contribution in [0.25, 0.3) is 0 Å². The Morgan fingerprint density at radius 1 is 1.33 bits per heavy atom. The molecule has 1 aliphatic rings. The van der Waals surface area contributed by atoms with Crippen molar-refractivity contribution in [3.8, 4) is 0 Å². The zero-order chi connectivity index (χ0) is 11.5. The standard InChI is InChI=1S/C13H22O2/c1-5-7-13(3,4)8-6-11-10(2)9-12(11)15-14/h5-8,10-12,14H,9H2,1-4H3/b7-5-,8-6-. The Morgan fingerprint density at radius 3 is 2.47 bits per heavy atom. The predicted molar refractivity (Wildman–Crippen MR) is 62.5 cm³/mol. The molecule has 0 saturated heterocycles. The lowest BCUT2D eigenvalue weighted by atomic mass is 9.71. The molecule has 2 heteroatoms. The zero-order valence-corrected chi connectivity index (χ0v) is 10.1. The Kier molecular flexibility index (Phi) is 4.12. The summed E-state index contributed by atoms with van der Waals surface area (Å²) in [6, 6.07) is 0. The van der Waals surface area contributed by atoms with E-state index >= 15 is 0 Å². The van der Waals surface area contributed by atoms with E-state index in [1.807, 2.05) is 6.92 Å². The van der Waals surface area contributed by atoms with Crippen LogP contribution in [0.5, 0.6) is 0 Å². The minimum atomic E-state index is -0.00217. The summed E-state index contributed by atoms with van der Waals surface area (Å²) in [6.45, 7) is 8.55. The van der Waals surface area contributed by atoms with E-state index in [1.165, 1.54) is 0 Å². The van der Waals surface area contributed by atoms with E-state index in [4.69, 9.17) is 5.26 Å². The lowest BCUT2D eigenvalue weighted by molar-refractivity contribution is -0.312. The fraction of sp³-hybridized carbons (Fsp3) is 0.692. The molecule has 1 aliphatic carbocycles. The first kappa shape index (κ1) is 12.5. The molecular formula is C13H22O2. The van der Waals surface area contributed by atoms with Gasteiger partial charge in [0.2, 0.25) is 0 Å². The summed E-state index contributed by atoms with van der Waals surface area (Å²) < 4.78 is 0. The number of allylic oxidation sites excluding steroid dienone is 3. The summed E-state index contributed by atoms with van der Waals surface area (Å²) in [6.07, 6.45) is 9.55. The second-order valence-corrected chi connectivity index (χ2v) is 5.11. The van der Waals surface area contributed by atoms with E-state index in [2.05, 4.69) is 50.0 Å². The Morgan fingerprint density at radius 2 is 2.00 bits per heavy atom. The highest BCUT2D eigenvalue weighted by molar-refractivity contribution is 5.11. The highest BCUT2D eigenvalue weighted by Gasteiger charge is 2.37. The summed E-state index contributed by atoms with van der Waals surface area (Å²) >= 11 is 0. The topological polar surface area (TPSA) is 29.5 Å². The molecule has 15 heavy (non-hydrogen) atoms. The van der Waals surface area contributed by atoms with Gasteiger partial charge in [-0.25, -0.2) is 4.89 Å². The van der Waals surface area contributed by atoms with Crippen LogP contribution in [0.1, 0.15) is 34.1 Å². The van der Waals surface area contributed by atoms with Crippen molar-refractivity contribution in [2.75, 3.05) is 0 Å². The van der Waals surface area contributed by atoms with E-state index in [-0.39, 0.29) is 11.5 Å². The third-order valence-electron chi connectivity index (χ3n) is 3.17. The maximum absolute atomic E-state index is 8.66. The molecule has 0 aromatic heterocycles. The highest BCUT2D eigenvalue weighted by Crippen LogP contribution is 2.38. The van der Waals surface area contributed by atoms with Gasteiger partial charge in [0, 0.05) is 11.3 Å². The smallest absolute Gasteiger partial charge is 0.0995 e. The number of hydrogen-bond acceptors (Lipinski definition) is 2. The van der Waals surface area contributed by atoms with Gasteiger partial charge in [-0.15, -0.1) is 0 Å². The average Bonchev–Trinajstić information content (AvgIpc) is 2.13. The van der Waals surface area contributed by atoms with Gasteiger partial charge in [0.15, 0.2) is 0 Å². The molecular weight excluding hydrogens is 188 g/mol. The second kappa shape index (κ2) is 4.95. The molecule has 86 valence electrons. The molecule has 1 N–H and O–H groups in total. The second-order valence-electron chi connectivity index (χ2n) is 5.11. The van der Waals surface area contributed by atoms with Crippen molar-refractivity contribution in [3.63, 3.8) is 0 Å². The molecule has 0 aromatic rings. The van der Waals surface area contributed by atoms with Gasteiger partial charge in [-0.05, 0) is 19.3 Å². The molecule has 1 fully saturated rings. The predicted octanol–water partition coefficient (Wildman–Crippen LogP) is 3.66. The van der Waals surface area contributed by atoms with Crippen LogP contribution in [-0.4, -0.2) is 11.4 Å². The molecule has 0 heterocycles. The van der Waals surface area contributed by atoms with Gasteiger partial charge >= 0.3 is 0 Å². The lowest BCUT2D eigenvalue weighted by Gasteiger charge is -2.39. The summed E-state index contributed by atoms with van der Waals surface area (Å²) in [7, 11) is 0. The van der Waals surface area contributed by atoms with Gasteiger partial charge in [-0.1, -0.05) is 45.1 Å². The summed E-state index contributed by atoms with van der Waals surface area (Å²) in [5.41, 5.74) is 0.0874. The number of hydrogen-bond donors (Lipinski definition) is 1. The summed E-state index contributed by atoms with van der Waals surface area (Å²) in [5, 5.41) is 8.66. The molecule has 0 amide bonds. The van der Waals surface area contributed by atoms with Crippen molar-refractivity contribution in [1.82, 2.24) is 0 Å². The van der Waals surface area contributed by atoms with E-state index in [9.17, 15) is 0 Å². The van der Waals surface area contributed by atoms with Crippen LogP contribution >= 0.6 is 0 Å². The van der Waals surface area contributed by atoms with Gasteiger partial charge in [0.1, 0.15) is 0 Å². The lowest BCUT2D eigenvalue weighted by Crippen LogP contribution is -2.40. The van der Waals surface area contributed by atoms with Crippen molar-refractivity contribution in [2.24, 2.45) is 17.3 Å². The van der Waals surface area contributed by atoms with Crippen LogP contribution in [0.4, 0.5) is 0 Å². The van der Waals surface area contributed by atoms with Crippen molar-refractivity contribution in [2.45, 2.75) is 40.2 Å². The maximum atomic E-state index is 8.66. The molecule has 1 saturated carbocycles. The molecule has 0 aliphatic heterocycles. The van der Waals surface area contributed by atoms with Crippen molar-refractivity contribution >= 4 is 0 Å². The van der Waals surface area contributed by atoms with Crippen LogP contribution in [0.3, 0.4) is 0 Å². The summed E-state index contributed by atoms with van der Waals surface area (Å²) in [4.78, 5) is 4.43. The van der Waals surface area contributed by atoms with Gasteiger partial charge in [-0.3, -0.25) is 5.26 Å². The molecule has 1 rings (SSSR count). The van der Waals surface area contributed by atoms with E-state index in [1.54, 1.807) is 0 Å². The minimum absolute atomic E-state index is 0.00217.